The van der Waals surface area contributed by atoms with E-state index in [0.29, 0.717) is 41.1 Å². The van der Waals surface area contributed by atoms with E-state index in [9.17, 15) is 9.00 Å². The summed E-state index contributed by atoms with van der Waals surface area (Å²) in [6.07, 6.45) is 8.87. The molecule has 4 aromatic rings. The van der Waals surface area contributed by atoms with Crippen molar-refractivity contribution in [3.05, 3.63) is 66.5 Å². The molecule has 2 aromatic carbocycles. The number of fused-ring (bicyclic) bond motifs is 1. The average Bonchev–Trinajstić information content (AvgIpc) is 3.30. The van der Waals surface area contributed by atoms with Gasteiger partial charge in [-0.1, -0.05) is 44.0 Å². The molecule has 37 heavy (non-hydrogen) atoms. The first kappa shape index (κ1) is 25.0. The summed E-state index contributed by atoms with van der Waals surface area (Å²) in [6.45, 7) is 4.22. The average molecular weight is 515 g/mol. The Balaban J connectivity index is 1.48. The third-order valence-corrected chi connectivity index (χ3v) is 7.82. The molecule has 0 radical (unpaired) electrons. The Morgan fingerprint density at radius 1 is 1.05 bits per heavy atom. The number of carbonyl (C=O) groups is 1. The van der Waals surface area contributed by atoms with Crippen LogP contribution in [0.5, 0.6) is 11.6 Å². The monoisotopic (exact) mass is 514 g/mol. The molecule has 0 bridgehead atoms. The highest BCUT2D eigenvalue weighted by atomic mass is 32.2. The van der Waals surface area contributed by atoms with Crippen LogP contribution in [0.3, 0.4) is 0 Å². The van der Waals surface area contributed by atoms with Crippen molar-refractivity contribution in [2.75, 3.05) is 11.6 Å². The van der Waals surface area contributed by atoms with Crippen molar-refractivity contribution in [2.45, 2.75) is 44.7 Å². The lowest BCUT2D eigenvalue weighted by Crippen LogP contribution is -2.18. The summed E-state index contributed by atoms with van der Waals surface area (Å²) in [4.78, 5) is 25.9. The Morgan fingerprint density at radius 3 is 2.70 bits per heavy atom. The van der Waals surface area contributed by atoms with Crippen LogP contribution in [0.25, 0.3) is 22.0 Å². The van der Waals surface area contributed by atoms with Gasteiger partial charge in [0, 0.05) is 41.5 Å². The molecular formula is C29H30N4O3S. The second-order valence-electron chi connectivity index (χ2n) is 9.67. The number of carbonyl (C=O) groups excluding carboxylic acids is 1. The minimum atomic E-state index is -1.31. The second-order valence-corrected chi connectivity index (χ2v) is 10.9. The van der Waals surface area contributed by atoms with E-state index in [2.05, 4.69) is 27.2 Å². The molecule has 1 N–H and O–H groups in total. The number of nitrogens with zero attached hydrogens (tertiary/aromatic N) is 3. The Hall–Kier alpha value is -3.65. The van der Waals surface area contributed by atoms with Crippen LogP contribution in [0.4, 0.5) is 5.69 Å². The number of benzene rings is 2. The van der Waals surface area contributed by atoms with Crippen LogP contribution in [0, 0.1) is 18.8 Å². The number of aromatic nitrogens is 3. The first-order valence-electron chi connectivity index (χ1n) is 12.5. The maximum absolute atomic E-state index is 12.9. The van der Waals surface area contributed by atoms with Crippen LogP contribution < -0.4 is 10.1 Å². The summed E-state index contributed by atoms with van der Waals surface area (Å²) in [5.41, 5.74) is 2.95. The van der Waals surface area contributed by atoms with E-state index in [1.54, 1.807) is 24.7 Å². The largest absolute Gasteiger partial charge is 0.437 e. The van der Waals surface area contributed by atoms with E-state index in [0.717, 1.165) is 28.4 Å². The molecule has 5 rings (SSSR count). The van der Waals surface area contributed by atoms with Crippen molar-refractivity contribution in [2.24, 2.45) is 11.8 Å². The fourth-order valence-corrected chi connectivity index (χ4v) is 5.48. The molecule has 0 aliphatic heterocycles. The standard InChI is InChI=1S/C29H30N4O3S/c1-18-7-4-8-20(18)17-26(34)32-24-11-5-9-22-21(24)13-12-19(2)27(22)36-28-23(10-6-15-30-28)25-14-16-31-29(33-25)37(3)35/h5-6,9-16,18,20H,4,7-8,17H2,1-3H3,(H,32,34). The van der Waals surface area contributed by atoms with Crippen LogP contribution in [0.15, 0.2) is 66.1 Å². The molecule has 190 valence electrons. The normalized spacial score (nSPS) is 18.0. The number of amides is 1. The highest BCUT2D eigenvalue weighted by molar-refractivity contribution is 7.84. The summed E-state index contributed by atoms with van der Waals surface area (Å²) in [5.74, 6) is 2.14. The number of hydrogen-bond acceptors (Lipinski definition) is 6. The minimum Gasteiger partial charge on any atom is -0.437 e. The molecule has 1 fully saturated rings. The van der Waals surface area contributed by atoms with Crippen LogP contribution in [0.1, 0.15) is 38.2 Å². The Kier molecular flexibility index (Phi) is 7.28. The van der Waals surface area contributed by atoms with Gasteiger partial charge in [0.2, 0.25) is 16.9 Å². The maximum atomic E-state index is 12.9. The smallest absolute Gasteiger partial charge is 0.228 e. The van der Waals surface area contributed by atoms with Crippen molar-refractivity contribution < 1.29 is 13.7 Å². The zero-order valence-electron chi connectivity index (χ0n) is 21.2. The van der Waals surface area contributed by atoms with Gasteiger partial charge in [-0.15, -0.1) is 0 Å². The molecule has 3 unspecified atom stereocenters. The first-order valence-corrected chi connectivity index (χ1v) is 14.1. The van der Waals surface area contributed by atoms with Gasteiger partial charge in [0.15, 0.2) is 0 Å². The van der Waals surface area contributed by atoms with Gasteiger partial charge in [0.1, 0.15) is 5.75 Å². The number of pyridine rings is 1. The fraction of sp³-hybridized carbons (Fsp3) is 0.310. The van der Waals surface area contributed by atoms with Gasteiger partial charge in [-0.05, 0) is 55.0 Å². The topological polar surface area (TPSA) is 94.1 Å². The number of ether oxygens (including phenoxy) is 1. The first-order chi connectivity index (χ1) is 17.9. The third-order valence-electron chi connectivity index (χ3n) is 7.11. The molecule has 0 spiro atoms. The molecule has 1 saturated carbocycles. The second kappa shape index (κ2) is 10.8. The Morgan fingerprint density at radius 2 is 1.92 bits per heavy atom. The van der Waals surface area contributed by atoms with Gasteiger partial charge in [-0.3, -0.25) is 9.00 Å². The van der Waals surface area contributed by atoms with E-state index < -0.39 is 10.8 Å². The minimum absolute atomic E-state index is 0.0502. The predicted molar refractivity (Wildman–Crippen MR) is 146 cm³/mol. The van der Waals surface area contributed by atoms with Crippen molar-refractivity contribution in [1.29, 1.82) is 0 Å². The van der Waals surface area contributed by atoms with E-state index in [1.165, 1.54) is 12.8 Å². The lowest BCUT2D eigenvalue weighted by molar-refractivity contribution is -0.117. The van der Waals surface area contributed by atoms with E-state index >= 15 is 0 Å². The fourth-order valence-electron chi connectivity index (χ4n) is 5.04. The molecule has 0 saturated heterocycles. The summed E-state index contributed by atoms with van der Waals surface area (Å²) in [5, 5.41) is 5.17. The molecule has 7 nitrogen and oxygen atoms in total. The van der Waals surface area contributed by atoms with Gasteiger partial charge in [0.25, 0.3) is 0 Å². The summed E-state index contributed by atoms with van der Waals surface area (Å²) < 4.78 is 18.4. The number of aryl methyl sites for hydroxylation is 1. The SMILES string of the molecule is Cc1ccc2c(NC(=O)CC3CCCC3C)cccc2c1Oc1ncccc1-c1ccnc(S(C)=O)n1. The quantitative estimate of drug-likeness (QED) is 0.291. The maximum Gasteiger partial charge on any atom is 0.228 e. The van der Waals surface area contributed by atoms with E-state index in [1.807, 2.05) is 49.4 Å². The lowest BCUT2D eigenvalue weighted by Gasteiger charge is -2.17. The van der Waals surface area contributed by atoms with Crippen LogP contribution in [0.2, 0.25) is 0 Å². The van der Waals surface area contributed by atoms with Gasteiger partial charge < -0.3 is 10.1 Å². The number of rotatable bonds is 7. The highest BCUT2D eigenvalue weighted by Gasteiger charge is 2.26. The van der Waals surface area contributed by atoms with Gasteiger partial charge in [-0.2, -0.15) is 0 Å². The Bertz CT molecular complexity index is 1490. The number of hydrogen-bond donors (Lipinski definition) is 1. The van der Waals surface area contributed by atoms with Gasteiger partial charge in [0.05, 0.1) is 22.1 Å². The molecule has 8 heteroatoms. The molecule has 1 amide bonds. The third kappa shape index (κ3) is 5.39. The van der Waals surface area contributed by atoms with Crippen molar-refractivity contribution in [3.63, 3.8) is 0 Å². The summed E-state index contributed by atoms with van der Waals surface area (Å²) >= 11 is 0. The Labute approximate surface area is 219 Å². The van der Waals surface area contributed by atoms with Crippen molar-refractivity contribution in [1.82, 2.24) is 15.0 Å². The van der Waals surface area contributed by atoms with Crippen molar-refractivity contribution >= 4 is 33.2 Å². The molecule has 1 aliphatic carbocycles. The van der Waals surface area contributed by atoms with E-state index in [4.69, 9.17) is 4.74 Å². The molecule has 3 atom stereocenters. The highest BCUT2D eigenvalue weighted by Crippen LogP contribution is 2.39. The number of nitrogens with one attached hydrogen (secondary N) is 1. The lowest BCUT2D eigenvalue weighted by atomic mass is 9.94. The molecular weight excluding hydrogens is 484 g/mol. The van der Waals surface area contributed by atoms with Crippen LogP contribution in [-0.4, -0.2) is 31.3 Å². The zero-order valence-corrected chi connectivity index (χ0v) is 22.0. The number of anilines is 1. The molecule has 2 heterocycles. The van der Waals surface area contributed by atoms with Crippen molar-refractivity contribution in [3.8, 4) is 22.9 Å². The molecule has 1 aliphatic rings. The van der Waals surface area contributed by atoms with E-state index in [-0.39, 0.29) is 11.1 Å². The van der Waals surface area contributed by atoms with Gasteiger partial charge in [-0.25, -0.2) is 15.0 Å². The summed E-state index contributed by atoms with van der Waals surface area (Å²) in [7, 11) is -1.31. The summed E-state index contributed by atoms with van der Waals surface area (Å²) in [6, 6.07) is 15.2. The van der Waals surface area contributed by atoms with Gasteiger partial charge >= 0.3 is 0 Å². The zero-order chi connectivity index (χ0) is 25.9. The van der Waals surface area contributed by atoms with Crippen LogP contribution in [-0.2, 0) is 15.6 Å². The van der Waals surface area contributed by atoms with Crippen LogP contribution >= 0.6 is 0 Å². The predicted octanol–water partition coefficient (Wildman–Crippen LogP) is 6.29. The molecule has 2 aromatic heterocycles.